The SMILES string of the molecule is Cc1ccc(-n2c(N3CCN(c4nc5c(nnn5-c5ccccc5)c(=O)n4-c4ccc(C)cc4)C(C)C3)nc3c(nnn3-c3ccccc3)c2=O)cc1. The molecule has 1 fully saturated rings. The standard InChI is InChI=1S/C39H34N12O2/c1-25-14-18-28(19-15-25)48-36(52)32-34(50(44-42-32)30-10-6-4-7-11-30)40-38(48)46-22-23-47(27(3)24-46)39-41-35-33(43-45-51(35)31-12-8-5-9-13-31)37(53)49(39)29-20-16-26(2)17-21-29/h4-21,27H,22-24H2,1-3H3. The van der Waals surface area contributed by atoms with Crippen molar-refractivity contribution in [1.29, 1.82) is 0 Å². The van der Waals surface area contributed by atoms with E-state index in [1.54, 1.807) is 18.5 Å². The van der Waals surface area contributed by atoms with E-state index in [1.165, 1.54) is 0 Å². The van der Waals surface area contributed by atoms with Crippen LogP contribution in [0.5, 0.6) is 0 Å². The molecule has 14 nitrogen and oxygen atoms in total. The summed E-state index contributed by atoms with van der Waals surface area (Å²) in [6.07, 6.45) is 0. The number of para-hydroxylation sites is 2. The zero-order valence-corrected chi connectivity index (χ0v) is 29.3. The number of benzene rings is 4. The summed E-state index contributed by atoms with van der Waals surface area (Å²) in [6.45, 7) is 7.50. The first kappa shape index (κ1) is 32.0. The molecule has 0 radical (unpaired) electrons. The molecule has 0 amide bonds. The van der Waals surface area contributed by atoms with E-state index in [0.29, 0.717) is 54.2 Å². The van der Waals surface area contributed by atoms with Gasteiger partial charge in [-0.3, -0.25) is 9.59 Å². The second-order valence-corrected chi connectivity index (χ2v) is 13.3. The highest BCUT2D eigenvalue weighted by Gasteiger charge is 2.32. The van der Waals surface area contributed by atoms with Crippen LogP contribution < -0.4 is 20.9 Å². The number of hydrogen-bond acceptors (Lipinski definition) is 10. The fourth-order valence-corrected chi connectivity index (χ4v) is 6.89. The van der Waals surface area contributed by atoms with Crippen molar-refractivity contribution in [1.82, 2.24) is 49.1 Å². The largest absolute Gasteiger partial charge is 0.338 e. The van der Waals surface area contributed by atoms with Gasteiger partial charge in [-0.1, -0.05) is 82.2 Å². The lowest BCUT2D eigenvalue weighted by Gasteiger charge is -2.41. The van der Waals surface area contributed by atoms with Crippen molar-refractivity contribution < 1.29 is 0 Å². The quantitative estimate of drug-likeness (QED) is 0.242. The van der Waals surface area contributed by atoms with Crippen molar-refractivity contribution in [3.8, 4) is 22.7 Å². The van der Waals surface area contributed by atoms with Gasteiger partial charge in [0.2, 0.25) is 11.9 Å². The Morgan fingerprint density at radius 1 is 0.547 bits per heavy atom. The molecule has 14 heteroatoms. The third-order valence-electron chi connectivity index (χ3n) is 9.67. The fraction of sp³-hybridized carbons (Fsp3) is 0.179. The maximum atomic E-state index is 14.3. The molecule has 0 bridgehead atoms. The molecule has 4 aromatic carbocycles. The Morgan fingerprint density at radius 2 is 1.00 bits per heavy atom. The van der Waals surface area contributed by atoms with E-state index >= 15 is 0 Å². The molecule has 0 aliphatic carbocycles. The van der Waals surface area contributed by atoms with Crippen LogP contribution in [0.25, 0.3) is 45.1 Å². The van der Waals surface area contributed by atoms with Crippen LogP contribution in [-0.4, -0.2) is 74.8 Å². The summed E-state index contributed by atoms with van der Waals surface area (Å²) < 4.78 is 6.44. The zero-order valence-electron chi connectivity index (χ0n) is 29.3. The third kappa shape index (κ3) is 5.42. The van der Waals surface area contributed by atoms with E-state index in [-0.39, 0.29) is 28.2 Å². The molecule has 0 N–H and O–H groups in total. The Kier molecular flexibility index (Phi) is 7.64. The van der Waals surface area contributed by atoms with Crippen LogP contribution in [0.4, 0.5) is 11.9 Å². The number of piperazine rings is 1. The van der Waals surface area contributed by atoms with Crippen LogP contribution in [0.2, 0.25) is 0 Å². The van der Waals surface area contributed by atoms with E-state index in [1.807, 2.05) is 123 Å². The zero-order chi connectivity index (χ0) is 36.2. The Morgan fingerprint density at radius 3 is 1.47 bits per heavy atom. The van der Waals surface area contributed by atoms with E-state index in [2.05, 4.69) is 37.3 Å². The van der Waals surface area contributed by atoms with Gasteiger partial charge >= 0.3 is 0 Å². The van der Waals surface area contributed by atoms with Gasteiger partial charge in [-0.05, 0) is 69.3 Å². The first-order chi connectivity index (χ1) is 25.9. The first-order valence-corrected chi connectivity index (χ1v) is 17.4. The summed E-state index contributed by atoms with van der Waals surface area (Å²) in [4.78, 5) is 43.1. The van der Waals surface area contributed by atoms with Crippen molar-refractivity contribution in [2.45, 2.75) is 26.8 Å². The molecule has 8 aromatic rings. The Balaban J connectivity index is 1.17. The molecule has 0 spiro atoms. The number of anilines is 2. The highest BCUT2D eigenvalue weighted by molar-refractivity contribution is 5.75. The topological polar surface area (TPSA) is 138 Å². The van der Waals surface area contributed by atoms with E-state index in [4.69, 9.17) is 9.97 Å². The molecule has 9 rings (SSSR count). The molecule has 1 atom stereocenters. The normalized spacial score (nSPS) is 14.7. The fourth-order valence-electron chi connectivity index (χ4n) is 6.89. The van der Waals surface area contributed by atoms with Gasteiger partial charge in [0.15, 0.2) is 22.3 Å². The lowest BCUT2D eigenvalue weighted by Crippen LogP contribution is -2.54. The van der Waals surface area contributed by atoms with Crippen LogP contribution in [0.3, 0.4) is 0 Å². The predicted molar refractivity (Wildman–Crippen MR) is 203 cm³/mol. The van der Waals surface area contributed by atoms with Gasteiger partial charge in [0.25, 0.3) is 11.1 Å². The predicted octanol–water partition coefficient (Wildman–Crippen LogP) is 4.58. The van der Waals surface area contributed by atoms with Gasteiger partial charge < -0.3 is 9.80 Å². The van der Waals surface area contributed by atoms with Gasteiger partial charge in [0.05, 0.1) is 22.7 Å². The smallest absolute Gasteiger partial charge is 0.289 e. The number of hydrogen-bond donors (Lipinski definition) is 0. The molecule has 262 valence electrons. The summed E-state index contributed by atoms with van der Waals surface area (Å²) >= 11 is 0. The molecule has 1 unspecified atom stereocenters. The minimum atomic E-state index is -0.312. The van der Waals surface area contributed by atoms with E-state index < -0.39 is 0 Å². The number of aromatic nitrogens is 10. The van der Waals surface area contributed by atoms with Gasteiger partial charge in [0, 0.05) is 25.7 Å². The summed E-state index contributed by atoms with van der Waals surface area (Å²) in [5.74, 6) is 0.951. The first-order valence-electron chi connectivity index (χ1n) is 17.4. The van der Waals surface area contributed by atoms with Crippen molar-refractivity contribution >= 4 is 34.2 Å². The molecular formula is C39H34N12O2. The molecule has 53 heavy (non-hydrogen) atoms. The van der Waals surface area contributed by atoms with Crippen LogP contribution >= 0.6 is 0 Å². The Bertz CT molecular complexity index is 2740. The van der Waals surface area contributed by atoms with Gasteiger partial charge in [-0.15, -0.1) is 10.2 Å². The van der Waals surface area contributed by atoms with Gasteiger partial charge in [0.1, 0.15) is 0 Å². The van der Waals surface area contributed by atoms with Gasteiger partial charge in [-0.25, -0.2) is 9.13 Å². The van der Waals surface area contributed by atoms with Crippen molar-refractivity contribution in [3.05, 3.63) is 141 Å². The molecule has 0 saturated carbocycles. The second kappa shape index (κ2) is 12.7. The molecule has 1 aliphatic heterocycles. The number of aryl methyl sites for hydroxylation is 2. The maximum absolute atomic E-state index is 14.3. The van der Waals surface area contributed by atoms with Crippen molar-refractivity contribution in [3.63, 3.8) is 0 Å². The van der Waals surface area contributed by atoms with E-state index in [0.717, 1.165) is 22.5 Å². The molecule has 4 aromatic heterocycles. The van der Waals surface area contributed by atoms with E-state index in [9.17, 15) is 9.59 Å². The molecule has 1 saturated heterocycles. The summed E-state index contributed by atoms with van der Waals surface area (Å²) in [7, 11) is 0. The minimum absolute atomic E-state index is 0.174. The maximum Gasteiger partial charge on any atom is 0.289 e. The molecule has 5 heterocycles. The number of nitrogens with zero attached hydrogens (tertiary/aromatic N) is 12. The van der Waals surface area contributed by atoms with Crippen LogP contribution in [0.15, 0.2) is 119 Å². The average molecular weight is 703 g/mol. The number of fused-ring (bicyclic) bond motifs is 2. The Hall–Kier alpha value is -6.96. The monoisotopic (exact) mass is 702 g/mol. The lowest BCUT2D eigenvalue weighted by atomic mass is 10.2. The Labute approximate surface area is 302 Å². The number of rotatable bonds is 6. The van der Waals surface area contributed by atoms with Crippen LogP contribution in [0, 0.1) is 13.8 Å². The second-order valence-electron chi connectivity index (χ2n) is 13.3. The third-order valence-corrected chi connectivity index (χ3v) is 9.67. The van der Waals surface area contributed by atoms with Crippen LogP contribution in [0.1, 0.15) is 18.1 Å². The van der Waals surface area contributed by atoms with Crippen molar-refractivity contribution in [2.24, 2.45) is 0 Å². The van der Waals surface area contributed by atoms with Crippen molar-refractivity contribution in [2.75, 3.05) is 29.4 Å². The minimum Gasteiger partial charge on any atom is -0.338 e. The average Bonchev–Trinajstić information content (AvgIpc) is 3.82. The van der Waals surface area contributed by atoms with Gasteiger partial charge in [-0.2, -0.15) is 19.3 Å². The highest BCUT2D eigenvalue weighted by atomic mass is 16.1. The molecular weight excluding hydrogens is 669 g/mol. The lowest BCUT2D eigenvalue weighted by molar-refractivity contribution is 0.525. The molecule has 1 aliphatic rings. The summed E-state index contributed by atoms with van der Waals surface area (Å²) in [6, 6.07) is 34.4. The highest BCUT2D eigenvalue weighted by Crippen LogP contribution is 2.28. The summed E-state index contributed by atoms with van der Waals surface area (Å²) in [5, 5.41) is 17.3. The summed E-state index contributed by atoms with van der Waals surface area (Å²) in [5.41, 5.74) is 5.46. The van der Waals surface area contributed by atoms with Crippen LogP contribution in [-0.2, 0) is 0 Å².